The minimum absolute atomic E-state index is 0.425. The van der Waals surface area contributed by atoms with Crippen LogP contribution in [0.15, 0.2) is 40.9 Å². The van der Waals surface area contributed by atoms with Crippen molar-refractivity contribution in [3.8, 4) is 17.6 Å². The zero-order valence-electron chi connectivity index (χ0n) is 9.15. The van der Waals surface area contributed by atoms with Crippen molar-refractivity contribution < 1.29 is 4.74 Å². The van der Waals surface area contributed by atoms with Crippen LogP contribution in [-0.2, 0) is 0 Å². The highest BCUT2D eigenvalue weighted by atomic mass is 79.9. The molecule has 0 heterocycles. The summed E-state index contributed by atoms with van der Waals surface area (Å²) in [5.74, 6) is 0.924. The van der Waals surface area contributed by atoms with Crippen LogP contribution in [0.25, 0.3) is 0 Å². The Kier molecular flexibility index (Phi) is 3.75. The topological polar surface area (TPSA) is 59.0 Å². The van der Waals surface area contributed by atoms with Gasteiger partial charge in [-0.15, -0.1) is 0 Å². The van der Waals surface area contributed by atoms with E-state index in [0.29, 0.717) is 27.8 Å². The number of benzene rings is 2. The molecule has 2 N–H and O–H groups in total. The molecule has 0 fully saturated rings. The third kappa shape index (κ3) is 2.76. The maximum atomic E-state index is 9.03. The summed E-state index contributed by atoms with van der Waals surface area (Å²) in [6.07, 6.45) is 0. The normalized spacial score (nSPS) is 9.83. The quantitative estimate of drug-likeness (QED) is 0.836. The van der Waals surface area contributed by atoms with Crippen LogP contribution in [-0.4, -0.2) is 0 Å². The molecule has 0 atom stereocenters. The molecule has 3 nitrogen and oxygen atoms in total. The van der Waals surface area contributed by atoms with Crippen molar-refractivity contribution in [2.75, 3.05) is 5.73 Å². The first-order valence-corrected chi connectivity index (χ1v) is 6.20. The first kappa shape index (κ1) is 12.7. The van der Waals surface area contributed by atoms with Crippen LogP contribution in [0.1, 0.15) is 5.56 Å². The zero-order chi connectivity index (χ0) is 13.1. The first-order valence-electron chi connectivity index (χ1n) is 5.02. The van der Waals surface area contributed by atoms with Crippen molar-refractivity contribution in [1.82, 2.24) is 0 Å². The lowest BCUT2D eigenvalue weighted by Crippen LogP contribution is -1.93. The second-order valence-corrected chi connectivity index (χ2v) is 4.89. The van der Waals surface area contributed by atoms with Gasteiger partial charge >= 0.3 is 0 Å². The van der Waals surface area contributed by atoms with Gasteiger partial charge in [0.2, 0.25) is 0 Å². The maximum absolute atomic E-state index is 9.03. The second kappa shape index (κ2) is 5.30. The molecule has 0 amide bonds. The highest BCUT2D eigenvalue weighted by Crippen LogP contribution is 2.32. The smallest absolute Gasteiger partial charge is 0.150 e. The van der Waals surface area contributed by atoms with Crippen LogP contribution < -0.4 is 10.5 Å². The Hall–Kier alpha value is -1.70. The number of hydrogen-bond acceptors (Lipinski definition) is 3. The average molecular weight is 324 g/mol. The molecule has 0 saturated heterocycles. The fourth-order valence-electron chi connectivity index (χ4n) is 1.41. The van der Waals surface area contributed by atoms with E-state index in [4.69, 9.17) is 27.3 Å². The molecular formula is C13H8BrClN2O. The van der Waals surface area contributed by atoms with E-state index >= 15 is 0 Å². The molecule has 2 rings (SSSR count). The summed E-state index contributed by atoms with van der Waals surface area (Å²) in [4.78, 5) is 0. The van der Waals surface area contributed by atoms with Gasteiger partial charge in [0.05, 0.1) is 11.3 Å². The molecule has 0 bridgehead atoms. The van der Waals surface area contributed by atoms with E-state index in [1.807, 2.05) is 0 Å². The Morgan fingerprint density at radius 3 is 2.56 bits per heavy atom. The van der Waals surface area contributed by atoms with Gasteiger partial charge in [0.15, 0.2) is 0 Å². The van der Waals surface area contributed by atoms with E-state index in [2.05, 4.69) is 22.0 Å². The van der Waals surface area contributed by atoms with Crippen molar-refractivity contribution in [3.63, 3.8) is 0 Å². The van der Waals surface area contributed by atoms with Crippen molar-refractivity contribution >= 4 is 33.2 Å². The van der Waals surface area contributed by atoms with Crippen LogP contribution in [0.5, 0.6) is 11.5 Å². The predicted octanol–water partition coefficient (Wildman–Crippen LogP) is 4.35. The number of nitrogen functional groups attached to an aromatic ring is 1. The van der Waals surface area contributed by atoms with E-state index in [1.165, 1.54) is 0 Å². The Labute approximate surface area is 118 Å². The maximum Gasteiger partial charge on any atom is 0.150 e. The first-order chi connectivity index (χ1) is 8.60. The van der Waals surface area contributed by atoms with E-state index in [9.17, 15) is 0 Å². The molecule has 2 aromatic carbocycles. The summed E-state index contributed by atoms with van der Waals surface area (Å²) in [5.41, 5.74) is 6.64. The number of nitriles is 1. The van der Waals surface area contributed by atoms with Crippen molar-refractivity contribution in [1.29, 1.82) is 5.26 Å². The molecule has 0 aliphatic heterocycles. The van der Waals surface area contributed by atoms with E-state index < -0.39 is 0 Å². The largest absolute Gasteiger partial charge is 0.454 e. The van der Waals surface area contributed by atoms with Gasteiger partial charge < -0.3 is 10.5 Å². The molecule has 90 valence electrons. The molecule has 0 spiro atoms. The fourth-order valence-corrected chi connectivity index (χ4v) is 1.95. The van der Waals surface area contributed by atoms with Crippen LogP contribution in [0.2, 0.25) is 5.02 Å². The highest BCUT2D eigenvalue weighted by molar-refractivity contribution is 9.10. The van der Waals surface area contributed by atoms with Gasteiger partial charge in [-0.3, -0.25) is 0 Å². The number of anilines is 1. The third-order valence-electron chi connectivity index (χ3n) is 2.25. The summed E-state index contributed by atoms with van der Waals surface area (Å²) in [5, 5.41) is 9.57. The SMILES string of the molecule is N#Cc1cc(Br)ccc1Oc1ccc(Cl)cc1N. The standard InChI is InChI=1S/C13H8BrClN2O/c14-9-1-3-12(8(5-9)7-16)18-13-4-2-10(15)6-11(13)17/h1-6H,17H2. The second-order valence-electron chi connectivity index (χ2n) is 3.54. The lowest BCUT2D eigenvalue weighted by atomic mass is 10.2. The van der Waals surface area contributed by atoms with E-state index in [-0.39, 0.29) is 0 Å². The predicted molar refractivity (Wildman–Crippen MR) is 74.8 cm³/mol. The van der Waals surface area contributed by atoms with Gasteiger partial charge in [-0.1, -0.05) is 27.5 Å². The number of rotatable bonds is 2. The number of nitrogens with two attached hydrogens (primary N) is 1. The van der Waals surface area contributed by atoms with Gasteiger partial charge in [0.25, 0.3) is 0 Å². The summed E-state index contributed by atoms with van der Waals surface area (Å²) in [7, 11) is 0. The molecule has 5 heteroatoms. The Bertz CT molecular complexity index is 637. The number of halogens is 2. The Balaban J connectivity index is 2.37. The van der Waals surface area contributed by atoms with Crippen LogP contribution >= 0.6 is 27.5 Å². The fraction of sp³-hybridized carbons (Fsp3) is 0. The molecular weight excluding hydrogens is 316 g/mol. The van der Waals surface area contributed by atoms with E-state index in [0.717, 1.165) is 4.47 Å². The molecule has 0 aromatic heterocycles. The Morgan fingerprint density at radius 2 is 1.89 bits per heavy atom. The summed E-state index contributed by atoms with van der Waals surface area (Å²) in [6.45, 7) is 0. The molecule has 0 aliphatic rings. The third-order valence-corrected chi connectivity index (χ3v) is 2.98. The lowest BCUT2D eigenvalue weighted by molar-refractivity contribution is 0.483. The molecule has 0 aliphatic carbocycles. The van der Waals surface area contributed by atoms with E-state index in [1.54, 1.807) is 36.4 Å². The molecule has 0 unspecified atom stereocenters. The average Bonchev–Trinajstić information content (AvgIpc) is 2.34. The Morgan fingerprint density at radius 1 is 1.17 bits per heavy atom. The number of ether oxygens (including phenoxy) is 1. The molecule has 0 saturated carbocycles. The molecule has 18 heavy (non-hydrogen) atoms. The molecule has 0 radical (unpaired) electrons. The van der Waals surface area contributed by atoms with Gasteiger partial charge in [-0.2, -0.15) is 5.26 Å². The van der Waals surface area contributed by atoms with Crippen molar-refractivity contribution in [2.45, 2.75) is 0 Å². The van der Waals surface area contributed by atoms with Crippen molar-refractivity contribution in [2.24, 2.45) is 0 Å². The summed E-state index contributed by atoms with van der Waals surface area (Å²) >= 11 is 9.10. The van der Waals surface area contributed by atoms with Crippen LogP contribution in [0, 0.1) is 11.3 Å². The highest BCUT2D eigenvalue weighted by Gasteiger charge is 2.08. The van der Waals surface area contributed by atoms with Crippen LogP contribution in [0.4, 0.5) is 5.69 Å². The zero-order valence-corrected chi connectivity index (χ0v) is 11.5. The molecule has 2 aromatic rings. The minimum Gasteiger partial charge on any atom is -0.454 e. The number of nitrogens with zero attached hydrogens (tertiary/aromatic N) is 1. The summed E-state index contributed by atoms with van der Waals surface area (Å²) < 4.78 is 6.43. The van der Waals surface area contributed by atoms with Crippen LogP contribution in [0.3, 0.4) is 0 Å². The summed E-state index contributed by atoms with van der Waals surface area (Å²) in [6, 6.07) is 12.2. The van der Waals surface area contributed by atoms with Gasteiger partial charge in [-0.05, 0) is 36.4 Å². The monoisotopic (exact) mass is 322 g/mol. The number of hydrogen-bond donors (Lipinski definition) is 1. The minimum atomic E-state index is 0.425. The van der Waals surface area contributed by atoms with Crippen molar-refractivity contribution in [3.05, 3.63) is 51.5 Å². The van der Waals surface area contributed by atoms with Gasteiger partial charge in [0, 0.05) is 9.50 Å². The lowest BCUT2D eigenvalue weighted by Gasteiger charge is -2.10. The van der Waals surface area contributed by atoms with Gasteiger partial charge in [0.1, 0.15) is 17.6 Å². The van der Waals surface area contributed by atoms with Gasteiger partial charge in [-0.25, -0.2) is 0 Å².